The van der Waals surface area contributed by atoms with Crippen molar-refractivity contribution in [3.63, 3.8) is 0 Å². The number of halogens is 3. The molecule has 1 saturated carbocycles. The molecule has 1 aliphatic heterocycles. The molecule has 0 radical (unpaired) electrons. The third-order valence-electron chi connectivity index (χ3n) is 6.52. The van der Waals surface area contributed by atoms with Crippen molar-refractivity contribution in [1.82, 2.24) is 0 Å². The molecule has 0 amide bonds. The number of esters is 1. The lowest BCUT2D eigenvalue weighted by atomic mass is 9.81. The second-order valence-electron chi connectivity index (χ2n) is 8.71. The van der Waals surface area contributed by atoms with E-state index in [4.69, 9.17) is 4.74 Å². The molecule has 3 atom stereocenters. The van der Waals surface area contributed by atoms with Gasteiger partial charge in [-0.3, -0.25) is 4.79 Å². The number of aliphatic hydroxyl groups is 1. The third-order valence-corrected chi connectivity index (χ3v) is 6.52. The molecule has 2 aromatic rings. The Morgan fingerprint density at radius 3 is 2.27 bits per heavy atom. The number of ether oxygens (including phenoxy) is 1. The molecule has 7 heteroatoms. The van der Waals surface area contributed by atoms with Crippen LogP contribution in [0.5, 0.6) is 0 Å². The number of aliphatic hydroxyl groups excluding tert-OH is 1. The van der Waals surface area contributed by atoms with E-state index in [0.717, 1.165) is 24.5 Å². The lowest BCUT2D eigenvalue weighted by Crippen LogP contribution is -2.42. The Morgan fingerprint density at radius 1 is 1.03 bits per heavy atom. The molecule has 1 N–H and O–H groups in total. The van der Waals surface area contributed by atoms with Crippen LogP contribution < -0.4 is 0 Å². The minimum absolute atomic E-state index is 0.0232. The zero-order valence-corrected chi connectivity index (χ0v) is 18.1. The molecule has 4 nitrogen and oxygen atoms in total. The van der Waals surface area contributed by atoms with Crippen LogP contribution >= 0.6 is 0 Å². The van der Waals surface area contributed by atoms with Gasteiger partial charge in [-0.05, 0) is 48.8 Å². The van der Waals surface area contributed by atoms with Gasteiger partial charge in [-0.25, -0.2) is 4.79 Å². The average molecular weight is 458 g/mol. The van der Waals surface area contributed by atoms with Gasteiger partial charge >= 0.3 is 12.1 Å². The fourth-order valence-corrected chi connectivity index (χ4v) is 4.67. The predicted octanol–water partition coefficient (Wildman–Crippen LogP) is 5.77. The highest BCUT2D eigenvalue weighted by molar-refractivity contribution is 6.09. The van der Waals surface area contributed by atoms with E-state index >= 15 is 0 Å². The van der Waals surface area contributed by atoms with Crippen LogP contribution in [0.25, 0.3) is 0 Å². The topological polar surface area (TPSA) is 63.6 Å². The number of carbonyl (C=O) groups is 2. The standard InChI is InChI=1S/C26H25F3O4/c1-2-15(14-18-10-6-7-11-19(18)26(27,28)29)24-23(31)22(30)21(25(32)33-24)20(17-12-13-17)16-8-4-3-5-9-16/h3-11,15,17,20,24,30H,2,12-14H2,1H3. The van der Waals surface area contributed by atoms with Crippen molar-refractivity contribution in [3.8, 4) is 0 Å². The largest absolute Gasteiger partial charge is 0.504 e. The quantitative estimate of drug-likeness (QED) is 0.535. The predicted molar refractivity (Wildman–Crippen MR) is 115 cm³/mol. The van der Waals surface area contributed by atoms with Crippen molar-refractivity contribution >= 4 is 11.8 Å². The Kier molecular flexibility index (Phi) is 6.32. The summed E-state index contributed by atoms with van der Waals surface area (Å²) in [5.41, 5.74) is 0.0119. The van der Waals surface area contributed by atoms with Crippen molar-refractivity contribution in [2.45, 2.75) is 50.8 Å². The number of hydrogen-bond donors (Lipinski definition) is 1. The molecule has 1 heterocycles. The molecule has 2 aliphatic rings. The maximum absolute atomic E-state index is 13.4. The Morgan fingerprint density at radius 2 is 1.67 bits per heavy atom. The van der Waals surface area contributed by atoms with Crippen LogP contribution in [0.15, 0.2) is 65.9 Å². The molecule has 0 aromatic heterocycles. The fourth-order valence-electron chi connectivity index (χ4n) is 4.67. The maximum Gasteiger partial charge on any atom is 0.416 e. The minimum Gasteiger partial charge on any atom is -0.504 e. The van der Waals surface area contributed by atoms with Crippen molar-refractivity contribution < 1.29 is 32.6 Å². The molecule has 0 spiro atoms. The van der Waals surface area contributed by atoms with Gasteiger partial charge in [0.05, 0.1) is 11.1 Å². The van der Waals surface area contributed by atoms with Crippen LogP contribution in [-0.4, -0.2) is 23.0 Å². The van der Waals surface area contributed by atoms with Crippen molar-refractivity contribution in [1.29, 1.82) is 0 Å². The number of carbonyl (C=O) groups excluding carboxylic acids is 2. The second-order valence-corrected chi connectivity index (χ2v) is 8.71. The molecular formula is C26H25F3O4. The second kappa shape index (κ2) is 9.04. The van der Waals surface area contributed by atoms with Crippen LogP contribution in [0.3, 0.4) is 0 Å². The Hall–Kier alpha value is -3.09. The van der Waals surface area contributed by atoms with E-state index in [1.807, 2.05) is 30.3 Å². The van der Waals surface area contributed by atoms with Crippen molar-refractivity contribution in [2.75, 3.05) is 0 Å². The zero-order chi connectivity index (χ0) is 23.8. The average Bonchev–Trinajstić information content (AvgIpc) is 3.63. The van der Waals surface area contributed by atoms with Gasteiger partial charge in [-0.1, -0.05) is 55.5 Å². The summed E-state index contributed by atoms with van der Waals surface area (Å²) >= 11 is 0. The van der Waals surface area contributed by atoms with E-state index < -0.39 is 47.2 Å². The van der Waals surface area contributed by atoms with Crippen LogP contribution in [0, 0.1) is 11.8 Å². The van der Waals surface area contributed by atoms with E-state index in [2.05, 4.69) is 0 Å². The molecule has 33 heavy (non-hydrogen) atoms. The SMILES string of the molecule is CCC(Cc1ccccc1C(F)(F)F)C1OC(=O)C(C(c2ccccc2)C2CC2)=C(O)C1=O. The highest BCUT2D eigenvalue weighted by Gasteiger charge is 2.47. The molecule has 3 unspecified atom stereocenters. The number of Topliss-reactive ketones (excluding diaryl/α,β-unsaturated/α-hetero) is 1. The molecule has 1 fully saturated rings. The first-order valence-electron chi connectivity index (χ1n) is 11.1. The molecule has 4 rings (SSSR count). The minimum atomic E-state index is -4.54. The summed E-state index contributed by atoms with van der Waals surface area (Å²) in [4.78, 5) is 26.2. The number of hydrogen-bond acceptors (Lipinski definition) is 4. The first-order valence-corrected chi connectivity index (χ1v) is 11.1. The molecule has 1 aliphatic carbocycles. The first kappa shape index (κ1) is 23.1. The van der Waals surface area contributed by atoms with Crippen LogP contribution in [0.1, 0.15) is 48.8 Å². The van der Waals surface area contributed by atoms with Gasteiger partial charge in [0, 0.05) is 11.8 Å². The van der Waals surface area contributed by atoms with Gasteiger partial charge < -0.3 is 9.84 Å². The molecule has 2 aromatic carbocycles. The normalized spacial score (nSPS) is 21.0. The summed E-state index contributed by atoms with van der Waals surface area (Å²) in [5, 5.41) is 10.8. The smallest absolute Gasteiger partial charge is 0.416 e. The number of ketones is 1. The van der Waals surface area contributed by atoms with Gasteiger partial charge in [0.15, 0.2) is 11.9 Å². The zero-order valence-electron chi connectivity index (χ0n) is 18.1. The highest BCUT2D eigenvalue weighted by Crippen LogP contribution is 2.48. The lowest BCUT2D eigenvalue weighted by Gasteiger charge is -2.32. The first-order chi connectivity index (χ1) is 15.7. The Labute approximate surface area is 190 Å². The summed E-state index contributed by atoms with van der Waals surface area (Å²) in [6, 6.07) is 14.3. The van der Waals surface area contributed by atoms with Gasteiger partial charge in [0.2, 0.25) is 5.78 Å². The van der Waals surface area contributed by atoms with E-state index in [0.29, 0.717) is 6.42 Å². The van der Waals surface area contributed by atoms with Crippen LogP contribution in [0.2, 0.25) is 0 Å². The van der Waals surface area contributed by atoms with E-state index in [9.17, 15) is 27.9 Å². The molecular weight excluding hydrogens is 433 g/mol. The number of alkyl halides is 3. The Bertz CT molecular complexity index is 1070. The van der Waals surface area contributed by atoms with Crippen molar-refractivity contribution in [3.05, 3.63) is 82.6 Å². The third kappa shape index (κ3) is 4.68. The Balaban J connectivity index is 1.65. The van der Waals surface area contributed by atoms with Gasteiger partial charge in [-0.15, -0.1) is 0 Å². The summed E-state index contributed by atoms with van der Waals surface area (Å²) in [6.45, 7) is 1.72. The maximum atomic E-state index is 13.4. The van der Waals surface area contributed by atoms with E-state index in [-0.39, 0.29) is 23.5 Å². The monoisotopic (exact) mass is 458 g/mol. The van der Waals surface area contributed by atoms with Gasteiger partial charge in [-0.2, -0.15) is 13.2 Å². The number of cyclic esters (lactones) is 1. The molecule has 174 valence electrons. The summed E-state index contributed by atoms with van der Waals surface area (Å²) in [5.74, 6) is -3.18. The van der Waals surface area contributed by atoms with Gasteiger partial charge in [0.1, 0.15) is 0 Å². The van der Waals surface area contributed by atoms with Crippen LogP contribution in [-0.2, 0) is 26.9 Å². The van der Waals surface area contributed by atoms with Crippen molar-refractivity contribution in [2.24, 2.45) is 11.8 Å². The fraction of sp³-hybridized carbons (Fsp3) is 0.385. The summed E-state index contributed by atoms with van der Waals surface area (Å²) in [7, 11) is 0. The van der Waals surface area contributed by atoms with E-state index in [1.54, 1.807) is 6.92 Å². The lowest BCUT2D eigenvalue weighted by molar-refractivity contribution is -0.158. The number of benzene rings is 2. The molecule has 0 bridgehead atoms. The van der Waals surface area contributed by atoms with Crippen LogP contribution in [0.4, 0.5) is 13.2 Å². The highest BCUT2D eigenvalue weighted by atomic mass is 19.4. The van der Waals surface area contributed by atoms with Gasteiger partial charge in [0.25, 0.3) is 0 Å². The number of rotatable bonds is 7. The summed E-state index contributed by atoms with van der Waals surface area (Å²) < 4.78 is 45.8. The van der Waals surface area contributed by atoms with E-state index in [1.165, 1.54) is 18.2 Å². The molecule has 0 saturated heterocycles. The summed E-state index contributed by atoms with van der Waals surface area (Å²) in [6.07, 6.45) is -3.94.